The third-order valence-corrected chi connectivity index (χ3v) is 4.56. The Morgan fingerprint density at radius 1 is 1.39 bits per heavy atom. The summed E-state index contributed by atoms with van der Waals surface area (Å²) in [5, 5.41) is 0. The van der Waals surface area contributed by atoms with Gasteiger partial charge in [-0.05, 0) is 36.8 Å². The van der Waals surface area contributed by atoms with Gasteiger partial charge in [-0.2, -0.15) is 0 Å². The number of halogens is 1. The largest absolute Gasteiger partial charge is 0.496 e. The number of ether oxygens (including phenoxy) is 1. The molecule has 1 saturated heterocycles. The molecule has 3 atom stereocenters. The van der Waals surface area contributed by atoms with Gasteiger partial charge in [-0.25, -0.2) is 4.39 Å². The average molecular weight is 249 g/mol. The Morgan fingerprint density at radius 2 is 2.22 bits per heavy atom. The molecule has 3 rings (SSSR count). The van der Waals surface area contributed by atoms with Crippen molar-refractivity contribution in [3.8, 4) is 5.75 Å². The van der Waals surface area contributed by atoms with E-state index >= 15 is 0 Å². The van der Waals surface area contributed by atoms with Gasteiger partial charge >= 0.3 is 0 Å². The zero-order valence-electron chi connectivity index (χ0n) is 11.0. The number of hydrogen-bond donors (Lipinski definition) is 0. The summed E-state index contributed by atoms with van der Waals surface area (Å²) in [6.45, 7) is 4.11. The summed E-state index contributed by atoms with van der Waals surface area (Å²) in [5.74, 6) is 2.10. The first-order chi connectivity index (χ1) is 8.69. The fourth-order valence-electron chi connectivity index (χ4n) is 3.75. The molecule has 2 aliphatic rings. The molecule has 18 heavy (non-hydrogen) atoms. The lowest BCUT2D eigenvalue weighted by Gasteiger charge is -2.31. The molecule has 0 aromatic heterocycles. The molecule has 2 fully saturated rings. The minimum atomic E-state index is -0.148. The van der Waals surface area contributed by atoms with Crippen LogP contribution in [-0.4, -0.2) is 24.6 Å². The summed E-state index contributed by atoms with van der Waals surface area (Å²) >= 11 is 0. The zero-order chi connectivity index (χ0) is 12.7. The van der Waals surface area contributed by atoms with Crippen LogP contribution in [0.25, 0.3) is 0 Å². The summed E-state index contributed by atoms with van der Waals surface area (Å²) in [6.07, 6.45) is 2.63. The second-order valence-electron chi connectivity index (χ2n) is 5.73. The van der Waals surface area contributed by atoms with Crippen molar-refractivity contribution in [2.75, 3.05) is 13.7 Å². The minimum absolute atomic E-state index is 0.148. The Bertz CT molecular complexity index is 448. The average Bonchev–Trinajstić information content (AvgIpc) is 2.90. The van der Waals surface area contributed by atoms with Gasteiger partial charge < -0.3 is 4.74 Å². The topological polar surface area (TPSA) is 12.5 Å². The number of rotatable bonds is 3. The summed E-state index contributed by atoms with van der Waals surface area (Å²) in [6, 6.07) is 5.71. The maximum absolute atomic E-state index is 13.9. The predicted molar refractivity (Wildman–Crippen MR) is 69.0 cm³/mol. The molecule has 1 saturated carbocycles. The van der Waals surface area contributed by atoms with Crippen LogP contribution >= 0.6 is 0 Å². The van der Waals surface area contributed by atoms with E-state index in [2.05, 4.69) is 11.8 Å². The van der Waals surface area contributed by atoms with Crippen molar-refractivity contribution < 1.29 is 9.13 Å². The maximum Gasteiger partial charge on any atom is 0.131 e. The van der Waals surface area contributed by atoms with Crippen LogP contribution in [0.5, 0.6) is 5.75 Å². The number of hydrogen-bond acceptors (Lipinski definition) is 2. The van der Waals surface area contributed by atoms with Crippen molar-refractivity contribution in [3.63, 3.8) is 0 Å². The van der Waals surface area contributed by atoms with E-state index in [4.69, 9.17) is 4.74 Å². The summed E-state index contributed by atoms with van der Waals surface area (Å²) in [7, 11) is 1.61. The van der Waals surface area contributed by atoms with Crippen molar-refractivity contribution in [2.24, 2.45) is 11.8 Å². The van der Waals surface area contributed by atoms with Gasteiger partial charge in [0.15, 0.2) is 0 Å². The number of methoxy groups -OCH3 is 1. The number of nitrogens with zero attached hydrogens (tertiary/aromatic N) is 1. The van der Waals surface area contributed by atoms with Crippen LogP contribution in [0, 0.1) is 17.7 Å². The maximum atomic E-state index is 13.9. The minimum Gasteiger partial charge on any atom is -0.496 e. The first-order valence-electron chi connectivity index (χ1n) is 6.74. The van der Waals surface area contributed by atoms with E-state index in [0.717, 1.165) is 18.4 Å². The van der Waals surface area contributed by atoms with Crippen LogP contribution in [-0.2, 0) is 6.54 Å². The van der Waals surface area contributed by atoms with Gasteiger partial charge in [-0.3, -0.25) is 4.90 Å². The zero-order valence-corrected chi connectivity index (χ0v) is 11.0. The molecule has 1 aliphatic heterocycles. The second-order valence-corrected chi connectivity index (χ2v) is 5.73. The van der Waals surface area contributed by atoms with Crippen LogP contribution in [0.4, 0.5) is 4.39 Å². The lowest BCUT2D eigenvalue weighted by molar-refractivity contribution is 0.156. The van der Waals surface area contributed by atoms with Crippen molar-refractivity contribution in [2.45, 2.75) is 32.4 Å². The van der Waals surface area contributed by atoms with E-state index in [0.29, 0.717) is 23.9 Å². The molecule has 3 heteroatoms. The molecule has 1 aliphatic carbocycles. The van der Waals surface area contributed by atoms with Gasteiger partial charge in [-0.1, -0.05) is 13.0 Å². The van der Waals surface area contributed by atoms with Gasteiger partial charge in [-0.15, -0.1) is 0 Å². The van der Waals surface area contributed by atoms with E-state index in [9.17, 15) is 4.39 Å². The normalized spacial score (nSPS) is 30.9. The first kappa shape index (κ1) is 12.0. The lowest BCUT2D eigenvalue weighted by Crippen LogP contribution is -2.36. The predicted octanol–water partition coefficient (Wildman–Crippen LogP) is 3.06. The molecule has 0 N–H and O–H groups in total. The Morgan fingerprint density at radius 3 is 2.89 bits per heavy atom. The van der Waals surface area contributed by atoms with E-state index in [-0.39, 0.29) is 5.82 Å². The van der Waals surface area contributed by atoms with Crippen LogP contribution < -0.4 is 4.74 Å². The molecule has 0 amide bonds. The van der Waals surface area contributed by atoms with Gasteiger partial charge in [0.2, 0.25) is 0 Å². The van der Waals surface area contributed by atoms with Gasteiger partial charge in [0.1, 0.15) is 11.6 Å². The first-order valence-corrected chi connectivity index (χ1v) is 6.74. The highest BCUT2D eigenvalue weighted by atomic mass is 19.1. The van der Waals surface area contributed by atoms with Gasteiger partial charge in [0.25, 0.3) is 0 Å². The summed E-state index contributed by atoms with van der Waals surface area (Å²) in [4.78, 5) is 2.43. The third kappa shape index (κ3) is 1.91. The molecule has 98 valence electrons. The Kier molecular flexibility index (Phi) is 3.02. The van der Waals surface area contributed by atoms with Gasteiger partial charge in [0.05, 0.1) is 7.11 Å². The molecule has 3 unspecified atom stereocenters. The molecule has 0 spiro atoms. The van der Waals surface area contributed by atoms with Crippen molar-refractivity contribution >= 4 is 0 Å². The Labute approximate surface area is 108 Å². The summed E-state index contributed by atoms with van der Waals surface area (Å²) < 4.78 is 19.2. The van der Waals surface area contributed by atoms with Crippen LogP contribution in [0.1, 0.15) is 25.3 Å². The lowest BCUT2D eigenvalue weighted by atomic mass is 9.99. The Hall–Kier alpha value is -1.09. The Balaban J connectivity index is 1.81. The molecule has 2 nitrogen and oxygen atoms in total. The molecule has 2 bridgehead atoms. The second kappa shape index (κ2) is 4.54. The molecule has 1 heterocycles. The summed E-state index contributed by atoms with van der Waals surface area (Å²) in [5.41, 5.74) is 0.708. The third-order valence-electron chi connectivity index (χ3n) is 4.56. The SMILES string of the molecule is COc1cccc(F)c1CN1CC2CC(C)C1C2. The molecule has 0 radical (unpaired) electrons. The van der Waals surface area contributed by atoms with Crippen molar-refractivity contribution in [3.05, 3.63) is 29.6 Å². The standard InChI is InChI=1S/C15H20FNO/c1-10-6-11-7-14(10)17(8-11)9-12-13(16)4-3-5-15(12)18-2/h3-5,10-11,14H,6-9H2,1-2H3. The highest BCUT2D eigenvalue weighted by Gasteiger charge is 2.42. The number of piperidine rings is 1. The van der Waals surface area contributed by atoms with Crippen LogP contribution in [0.2, 0.25) is 0 Å². The molecular weight excluding hydrogens is 229 g/mol. The molecular formula is C15H20FNO. The monoisotopic (exact) mass is 249 g/mol. The fourth-order valence-corrected chi connectivity index (χ4v) is 3.75. The quantitative estimate of drug-likeness (QED) is 0.816. The van der Waals surface area contributed by atoms with Crippen molar-refractivity contribution in [1.82, 2.24) is 4.90 Å². The van der Waals surface area contributed by atoms with E-state index in [1.807, 2.05) is 6.07 Å². The highest BCUT2D eigenvalue weighted by molar-refractivity contribution is 5.34. The van der Waals surface area contributed by atoms with Crippen LogP contribution in [0.15, 0.2) is 18.2 Å². The number of fused-ring (bicyclic) bond motifs is 2. The van der Waals surface area contributed by atoms with Crippen LogP contribution in [0.3, 0.4) is 0 Å². The van der Waals surface area contributed by atoms with E-state index in [1.165, 1.54) is 18.9 Å². The fraction of sp³-hybridized carbons (Fsp3) is 0.600. The number of likely N-dealkylation sites (tertiary alicyclic amines) is 1. The molecule has 1 aromatic carbocycles. The van der Waals surface area contributed by atoms with E-state index in [1.54, 1.807) is 13.2 Å². The number of benzene rings is 1. The molecule has 1 aromatic rings. The van der Waals surface area contributed by atoms with E-state index < -0.39 is 0 Å². The van der Waals surface area contributed by atoms with Gasteiger partial charge in [0, 0.05) is 24.7 Å². The highest BCUT2D eigenvalue weighted by Crippen LogP contribution is 2.42. The van der Waals surface area contributed by atoms with Crippen molar-refractivity contribution in [1.29, 1.82) is 0 Å². The smallest absolute Gasteiger partial charge is 0.131 e.